The molecule has 0 amide bonds. The van der Waals surface area contributed by atoms with Crippen molar-refractivity contribution in [1.82, 2.24) is 19.7 Å². The van der Waals surface area contributed by atoms with Crippen LogP contribution in [0.5, 0.6) is 0 Å². The van der Waals surface area contributed by atoms with Gasteiger partial charge in [-0.2, -0.15) is 4.98 Å². The fourth-order valence-electron chi connectivity index (χ4n) is 3.55. The quantitative estimate of drug-likeness (QED) is 0.357. The number of aromatic nitrogens is 4. The van der Waals surface area contributed by atoms with E-state index in [1.54, 1.807) is 18.2 Å². The van der Waals surface area contributed by atoms with Crippen LogP contribution >= 0.6 is 0 Å². The lowest BCUT2D eigenvalue weighted by molar-refractivity contribution is 0.425. The minimum atomic E-state index is -1.50. The van der Waals surface area contributed by atoms with Crippen molar-refractivity contribution in [2.45, 2.75) is 26.9 Å². The number of rotatable bonds is 6. The summed E-state index contributed by atoms with van der Waals surface area (Å²) in [5.74, 6) is 1.09. The number of fused-ring (bicyclic) bond motifs is 1. The molecule has 0 radical (unpaired) electrons. The molecule has 0 fully saturated rings. The zero-order valence-corrected chi connectivity index (χ0v) is 16.9. The van der Waals surface area contributed by atoms with Gasteiger partial charge in [-0.1, -0.05) is 36.4 Å². The molecule has 0 aliphatic rings. The normalized spacial score (nSPS) is 11.1. The predicted octanol–water partition coefficient (Wildman–Crippen LogP) is 1.18. The van der Waals surface area contributed by atoms with Crippen molar-refractivity contribution in [1.29, 1.82) is 0 Å². The number of hydrogen-bond donors (Lipinski definition) is 4. The van der Waals surface area contributed by atoms with Crippen LogP contribution in [-0.4, -0.2) is 36.9 Å². The fraction of sp³-hybridized carbons (Fsp3) is 0.190. The summed E-state index contributed by atoms with van der Waals surface area (Å²) >= 11 is 0. The van der Waals surface area contributed by atoms with Crippen LogP contribution in [0.15, 0.2) is 48.5 Å². The first-order chi connectivity index (χ1) is 14.5. The molecule has 4 rings (SSSR count). The molecule has 5 N–H and O–H groups in total. The lowest BCUT2D eigenvalue weighted by Crippen LogP contribution is -2.30. The molecule has 0 saturated heterocycles. The molecule has 152 valence electrons. The number of nitrogens with zero attached hydrogens (tertiary/aromatic N) is 4. The summed E-state index contributed by atoms with van der Waals surface area (Å²) in [5.41, 5.74) is 10.9. The van der Waals surface area contributed by atoms with Crippen LogP contribution in [0.3, 0.4) is 0 Å². The first-order valence-electron chi connectivity index (χ1n) is 9.68. The Balaban J connectivity index is 1.67. The average Bonchev–Trinajstić information content (AvgIpc) is 3.09. The smallest absolute Gasteiger partial charge is 0.423 e. The Labute approximate surface area is 174 Å². The van der Waals surface area contributed by atoms with E-state index in [9.17, 15) is 10.0 Å². The van der Waals surface area contributed by atoms with Gasteiger partial charge < -0.3 is 21.1 Å². The van der Waals surface area contributed by atoms with Crippen LogP contribution < -0.4 is 16.5 Å². The molecule has 2 aromatic carbocycles. The van der Waals surface area contributed by atoms with Gasteiger partial charge in [0.15, 0.2) is 5.82 Å². The lowest BCUT2D eigenvalue weighted by Gasteiger charge is -2.12. The number of nitrogens with one attached hydrogen (secondary N) is 1. The van der Waals surface area contributed by atoms with E-state index in [0.717, 1.165) is 27.7 Å². The van der Waals surface area contributed by atoms with Crippen molar-refractivity contribution in [2.75, 3.05) is 5.32 Å². The first-order valence-corrected chi connectivity index (χ1v) is 9.68. The molecule has 30 heavy (non-hydrogen) atoms. The van der Waals surface area contributed by atoms with Gasteiger partial charge in [-0.05, 0) is 42.6 Å². The second kappa shape index (κ2) is 8.23. The molecule has 0 aliphatic carbocycles. The number of aryl methyl sites for hydroxylation is 2. The number of benzene rings is 2. The van der Waals surface area contributed by atoms with Crippen LogP contribution in [0.4, 0.5) is 5.82 Å². The zero-order chi connectivity index (χ0) is 21.3. The Hall–Kier alpha value is -3.27. The summed E-state index contributed by atoms with van der Waals surface area (Å²) < 4.78 is 1.97. The fourth-order valence-corrected chi connectivity index (χ4v) is 3.55. The highest BCUT2D eigenvalue weighted by Crippen LogP contribution is 2.26. The predicted molar refractivity (Wildman–Crippen MR) is 118 cm³/mol. The van der Waals surface area contributed by atoms with E-state index in [1.807, 2.05) is 42.7 Å². The maximum atomic E-state index is 9.36. The monoisotopic (exact) mass is 402 g/mol. The highest BCUT2D eigenvalue weighted by atomic mass is 16.4. The van der Waals surface area contributed by atoms with Gasteiger partial charge in [0, 0.05) is 24.2 Å². The summed E-state index contributed by atoms with van der Waals surface area (Å²) in [4.78, 5) is 4.70. The molecule has 0 unspecified atom stereocenters. The molecule has 8 nitrogen and oxygen atoms in total. The minimum Gasteiger partial charge on any atom is -0.423 e. The van der Waals surface area contributed by atoms with Gasteiger partial charge >= 0.3 is 7.12 Å². The Morgan fingerprint density at radius 3 is 2.63 bits per heavy atom. The molecule has 0 saturated carbocycles. The third kappa shape index (κ3) is 3.78. The number of nitrogens with two attached hydrogens (primary N) is 1. The van der Waals surface area contributed by atoms with Gasteiger partial charge in [0.25, 0.3) is 5.95 Å². The standard InChI is InChI=1S/C21H23BN6O2/c1-13-9-18-16(11-23)6-4-8-19(18)28(13)21-25-20(14(2)26-27-21)24-12-15-5-3-7-17(10-15)22(29)30/h3-10,29-30H,11-12,23H2,1-2H3,(H,24,25,27). The van der Waals surface area contributed by atoms with Crippen molar-refractivity contribution in [3.8, 4) is 5.95 Å². The average molecular weight is 402 g/mol. The van der Waals surface area contributed by atoms with Crippen LogP contribution in [0, 0.1) is 13.8 Å². The van der Waals surface area contributed by atoms with E-state index in [2.05, 4.69) is 21.6 Å². The van der Waals surface area contributed by atoms with Gasteiger partial charge in [-0.3, -0.25) is 4.57 Å². The molecule has 0 atom stereocenters. The van der Waals surface area contributed by atoms with Crippen molar-refractivity contribution >= 4 is 29.3 Å². The summed E-state index contributed by atoms with van der Waals surface area (Å²) in [6.45, 7) is 4.76. The molecule has 0 bridgehead atoms. The largest absolute Gasteiger partial charge is 0.488 e. The van der Waals surface area contributed by atoms with Crippen molar-refractivity contribution < 1.29 is 10.0 Å². The third-order valence-electron chi connectivity index (χ3n) is 5.09. The van der Waals surface area contributed by atoms with E-state index in [4.69, 9.17) is 10.7 Å². The Morgan fingerprint density at radius 1 is 1.07 bits per heavy atom. The maximum Gasteiger partial charge on any atom is 0.488 e. The number of hydrogen-bond acceptors (Lipinski definition) is 7. The van der Waals surface area contributed by atoms with Crippen LogP contribution in [0.2, 0.25) is 0 Å². The van der Waals surface area contributed by atoms with Gasteiger partial charge in [-0.25, -0.2) is 0 Å². The maximum absolute atomic E-state index is 9.36. The molecule has 0 aliphatic heterocycles. The summed E-state index contributed by atoms with van der Waals surface area (Å²) in [6, 6.07) is 15.2. The molecular weight excluding hydrogens is 379 g/mol. The Morgan fingerprint density at radius 2 is 1.87 bits per heavy atom. The van der Waals surface area contributed by atoms with Gasteiger partial charge in [0.1, 0.15) is 5.69 Å². The zero-order valence-electron chi connectivity index (χ0n) is 16.9. The third-order valence-corrected chi connectivity index (χ3v) is 5.09. The van der Waals surface area contributed by atoms with Crippen LogP contribution in [0.25, 0.3) is 16.9 Å². The van der Waals surface area contributed by atoms with Crippen molar-refractivity contribution in [3.63, 3.8) is 0 Å². The van der Waals surface area contributed by atoms with Crippen LogP contribution in [-0.2, 0) is 13.1 Å². The van der Waals surface area contributed by atoms with Gasteiger partial charge in [-0.15, -0.1) is 10.2 Å². The highest BCUT2D eigenvalue weighted by Gasteiger charge is 2.15. The Bertz CT molecular complexity index is 1210. The molecule has 2 aromatic heterocycles. The molecule has 0 spiro atoms. The van der Waals surface area contributed by atoms with E-state index in [1.165, 1.54) is 0 Å². The summed E-state index contributed by atoms with van der Waals surface area (Å²) in [5, 5.41) is 31.7. The van der Waals surface area contributed by atoms with E-state index in [-0.39, 0.29) is 0 Å². The topological polar surface area (TPSA) is 122 Å². The van der Waals surface area contributed by atoms with Crippen LogP contribution in [0.1, 0.15) is 22.5 Å². The van der Waals surface area contributed by atoms with E-state index >= 15 is 0 Å². The van der Waals surface area contributed by atoms with Gasteiger partial charge in [0.2, 0.25) is 0 Å². The second-order valence-corrected chi connectivity index (χ2v) is 7.19. The van der Waals surface area contributed by atoms with Crippen molar-refractivity contribution in [2.24, 2.45) is 5.73 Å². The number of anilines is 1. The van der Waals surface area contributed by atoms with E-state index in [0.29, 0.717) is 36.0 Å². The molecule has 9 heteroatoms. The van der Waals surface area contributed by atoms with E-state index < -0.39 is 7.12 Å². The SMILES string of the molecule is Cc1nnc(-n2c(C)cc3c(CN)cccc32)nc1NCc1cccc(B(O)O)c1. The minimum absolute atomic E-state index is 0.442. The second-order valence-electron chi connectivity index (χ2n) is 7.19. The molecular formula is C21H23BN6O2. The summed E-state index contributed by atoms with van der Waals surface area (Å²) in [6.07, 6.45) is 0. The summed E-state index contributed by atoms with van der Waals surface area (Å²) in [7, 11) is -1.50. The Kier molecular flexibility index (Phi) is 5.49. The highest BCUT2D eigenvalue weighted by molar-refractivity contribution is 6.58. The molecule has 4 aromatic rings. The lowest BCUT2D eigenvalue weighted by atomic mass is 9.80. The van der Waals surface area contributed by atoms with Gasteiger partial charge in [0.05, 0.1) is 5.52 Å². The molecule has 2 heterocycles. The first kappa shape index (κ1) is 20.0. The van der Waals surface area contributed by atoms with Crippen molar-refractivity contribution in [3.05, 3.63) is 71.0 Å².